The average Bonchev–Trinajstić information content (AvgIpc) is 2.63. The number of piperidine rings is 1. The minimum atomic E-state index is -4.36. The fraction of sp³-hybridized carbons (Fsp3) is 0.381. The Morgan fingerprint density at radius 1 is 1.07 bits per heavy atom. The molecule has 1 N–H and O–H groups in total. The lowest BCUT2D eigenvalue weighted by atomic mass is 9.84. The average molecular weight is 377 g/mol. The highest BCUT2D eigenvalue weighted by Crippen LogP contribution is 2.38. The second-order valence-electron chi connectivity index (χ2n) is 7.08. The molecule has 0 aliphatic carbocycles. The number of hydrogen-bond donors (Lipinski definition) is 1. The topological polar surface area (TPSA) is 40.5 Å². The van der Waals surface area contributed by atoms with Gasteiger partial charge in [0.05, 0.1) is 5.56 Å². The molecule has 1 aliphatic heterocycles. The van der Waals surface area contributed by atoms with Crippen LogP contribution in [-0.4, -0.2) is 22.5 Å². The molecule has 2 atom stereocenters. The molecule has 2 aromatic carbocycles. The molecule has 27 heavy (non-hydrogen) atoms. The third-order valence-corrected chi connectivity index (χ3v) is 5.14. The zero-order chi connectivity index (χ0) is 19.4. The minimum Gasteiger partial charge on any atom is -0.481 e. The van der Waals surface area contributed by atoms with Crippen molar-refractivity contribution in [2.45, 2.75) is 38.0 Å². The number of likely N-dealkylation sites (tertiary alicyclic amines) is 1. The molecule has 6 heteroatoms. The van der Waals surface area contributed by atoms with Crippen LogP contribution in [0.4, 0.5) is 13.2 Å². The first-order valence-electron chi connectivity index (χ1n) is 9.00. The van der Waals surface area contributed by atoms with Gasteiger partial charge in [-0.15, -0.1) is 0 Å². The zero-order valence-electron chi connectivity index (χ0n) is 14.8. The highest BCUT2D eigenvalue weighted by Gasteiger charge is 2.33. The van der Waals surface area contributed by atoms with Crippen LogP contribution in [0.5, 0.6) is 0 Å². The SMILES string of the molecule is O=C(O)C[C@H]1CCN(Cc2ccccc2)C(c2ccc(C(F)(F)F)cc2)C1. The monoisotopic (exact) mass is 377 g/mol. The van der Waals surface area contributed by atoms with E-state index in [0.717, 1.165) is 36.2 Å². The number of rotatable bonds is 5. The van der Waals surface area contributed by atoms with Gasteiger partial charge in [-0.05, 0) is 48.6 Å². The quantitative estimate of drug-likeness (QED) is 0.785. The molecule has 1 saturated heterocycles. The van der Waals surface area contributed by atoms with Crippen molar-refractivity contribution in [3.63, 3.8) is 0 Å². The summed E-state index contributed by atoms with van der Waals surface area (Å²) in [6.07, 6.45) is -2.86. The first kappa shape index (κ1) is 19.4. The number of carbonyl (C=O) groups is 1. The van der Waals surface area contributed by atoms with E-state index < -0.39 is 17.7 Å². The predicted molar refractivity (Wildman–Crippen MR) is 96.0 cm³/mol. The summed E-state index contributed by atoms with van der Waals surface area (Å²) in [5.74, 6) is -0.801. The van der Waals surface area contributed by atoms with Crippen molar-refractivity contribution in [3.8, 4) is 0 Å². The van der Waals surface area contributed by atoms with Gasteiger partial charge in [0.25, 0.3) is 0 Å². The Hall–Kier alpha value is -2.34. The number of carboxylic acid groups (broad SMARTS) is 1. The van der Waals surface area contributed by atoms with Crippen LogP contribution < -0.4 is 0 Å². The minimum absolute atomic E-state index is 0.0295. The number of carboxylic acids is 1. The molecule has 3 nitrogen and oxygen atoms in total. The summed E-state index contributed by atoms with van der Waals surface area (Å²) < 4.78 is 38.6. The molecule has 0 bridgehead atoms. The largest absolute Gasteiger partial charge is 0.481 e. The van der Waals surface area contributed by atoms with Crippen LogP contribution in [0.15, 0.2) is 54.6 Å². The molecular weight excluding hydrogens is 355 g/mol. The Morgan fingerprint density at radius 2 is 1.74 bits per heavy atom. The van der Waals surface area contributed by atoms with Gasteiger partial charge in [-0.1, -0.05) is 42.5 Å². The van der Waals surface area contributed by atoms with Crippen LogP contribution in [0, 0.1) is 5.92 Å². The van der Waals surface area contributed by atoms with Gasteiger partial charge in [0.15, 0.2) is 0 Å². The van der Waals surface area contributed by atoms with E-state index in [9.17, 15) is 18.0 Å². The summed E-state index contributed by atoms with van der Waals surface area (Å²) in [6.45, 7) is 1.41. The number of halogens is 3. The van der Waals surface area contributed by atoms with Gasteiger partial charge in [-0.25, -0.2) is 0 Å². The highest BCUT2D eigenvalue weighted by atomic mass is 19.4. The van der Waals surface area contributed by atoms with Gasteiger partial charge in [0.1, 0.15) is 0 Å². The Bertz CT molecular complexity index is 759. The van der Waals surface area contributed by atoms with Crippen molar-refractivity contribution in [2.75, 3.05) is 6.54 Å². The Kier molecular flexibility index (Phi) is 5.85. The summed E-state index contributed by atoms with van der Waals surface area (Å²) in [4.78, 5) is 13.3. The maximum Gasteiger partial charge on any atom is 0.416 e. The molecule has 1 aliphatic rings. The lowest BCUT2D eigenvalue weighted by Gasteiger charge is -2.39. The lowest BCUT2D eigenvalue weighted by Crippen LogP contribution is -2.37. The number of hydrogen-bond acceptors (Lipinski definition) is 2. The Morgan fingerprint density at radius 3 is 2.33 bits per heavy atom. The first-order chi connectivity index (χ1) is 12.8. The van der Waals surface area contributed by atoms with E-state index in [2.05, 4.69) is 4.90 Å². The maximum atomic E-state index is 12.9. The van der Waals surface area contributed by atoms with Gasteiger partial charge >= 0.3 is 12.1 Å². The fourth-order valence-corrected chi connectivity index (χ4v) is 3.77. The van der Waals surface area contributed by atoms with Gasteiger partial charge in [-0.3, -0.25) is 9.69 Å². The van der Waals surface area contributed by atoms with Crippen LogP contribution in [0.2, 0.25) is 0 Å². The zero-order valence-corrected chi connectivity index (χ0v) is 14.8. The maximum absolute atomic E-state index is 12.9. The first-order valence-corrected chi connectivity index (χ1v) is 9.00. The molecule has 0 spiro atoms. The van der Waals surface area contributed by atoms with E-state index in [4.69, 9.17) is 5.11 Å². The summed E-state index contributed by atoms with van der Waals surface area (Å²) in [5.41, 5.74) is 1.26. The number of benzene rings is 2. The van der Waals surface area contributed by atoms with Crippen molar-refractivity contribution in [2.24, 2.45) is 5.92 Å². The summed E-state index contributed by atoms with van der Waals surface area (Å²) in [5, 5.41) is 9.11. The van der Waals surface area contributed by atoms with E-state index in [1.165, 1.54) is 12.1 Å². The van der Waals surface area contributed by atoms with E-state index in [1.807, 2.05) is 30.3 Å². The van der Waals surface area contributed by atoms with Crippen LogP contribution in [0.3, 0.4) is 0 Å². The van der Waals surface area contributed by atoms with Gasteiger partial charge in [0, 0.05) is 19.0 Å². The smallest absolute Gasteiger partial charge is 0.416 e. The summed E-state index contributed by atoms with van der Waals surface area (Å²) in [7, 11) is 0. The standard InChI is InChI=1S/C21H22F3NO2/c22-21(23,24)18-8-6-17(7-9-18)19-12-16(13-20(26)27)10-11-25(19)14-15-4-2-1-3-5-15/h1-9,16,19H,10-14H2,(H,26,27)/t16-,19?/m0/s1. The van der Waals surface area contributed by atoms with Gasteiger partial charge < -0.3 is 5.11 Å². The molecule has 2 aromatic rings. The van der Waals surface area contributed by atoms with Crippen molar-refractivity contribution >= 4 is 5.97 Å². The summed E-state index contributed by atoms with van der Waals surface area (Å²) in [6, 6.07) is 15.1. The molecule has 1 heterocycles. The second-order valence-corrected chi connectivity index (χ2v) is 7.08. The van der Waals surface area contributed by atoms with Crippen LogP contribution in [0.1, 0.15) is 42.0 Å². The molecule has 0 radical (unpaired) electrons. The van der Waals surface area contributed by atoms with E-state index in [1.54, 1.807) is 0 Å². The molecule has 1 fully saturated rings. The van der Waals surface area contributed by atoms with Crippen LogP contribution in [0.25, 0.3) is 0 Å². The molecule has 144 valence electrons. The molecule has 3 rings (SSSR count). The molecule has 0 amide bonds. The van der Waals surface area contributed by atoms with Crippen LogP contribution in [-0.2, 0) is 17.5 Å². The summed E-state index contributed by atoms with van der Waals surface area (Å²) >= 11 is 0. The molecule has 0 saturated carbocycles. The van der Waals surface area contributed by atoms with Gasteiger partial charge in [-0.2, -0.15) is 13.2 Å². The number of aliphatic carboxylic acids is 1. The predicted octanol–water partition coefficient (Wildman–Crippen LogP) is 5.13. The van der Waals surface area contributed by atoms with Gasteiger partial charge in [0.2, 0.25) is 0 Å². The third kappa shape index (κ3) is 5.10. The Balaban J connectivity index is 1.83. The molecule has 0 aromatic heterocycles. The molecule has 1 unspecified atom stereocenters. The third-order valence-electron chi connectivity index (χ3n) is 5.14. The van der Waals surface area contributed by atoms with E-state index in [-0.39, 0.29) is 18.4 Å². The van der Waals surface area contributed by atoms with Crippen molar-refractivity contribution in [1.29, 1.82) is 0 Å². The van der Waals surface area contributed by atoms with Crippen molar-refractivity contribution < 1.29 is 23.1 Å². The lowest BCUT2D eigenvalue weighted by molar-refractivity contribution is -0.139. The second kappa shape index (κ2) is 8.13. The van der Waals surface area contributed by atoms with Crippen molar-refractivity contribution in [3.05, 3.63) is 71.3 Å². The molecular formula is C21H22F3NO2. The van der Waals surface area contributed by atoms with Crippen LogP contribution >= 0.6 is 0 Å². The number of nitrogens with zero attached hydrogens (tertiary/aromatic N) is 1. The normalized spacial score (nSPS) is 21.1. The van der Waals surface area contributed by atoms with E-state index in [0.29, 0.717) is 13.0 Å². The highest BCUT2D eigenvalue weighted by molar-refractivity contribution is 5.67. The van der Waals surface area contributed by atoms with E-state index >= 15 is 0 Å². The number of alkyl halides is 3. The fourth-order valence-electron chi connectivity index (χ4n) is 3.77. The van der Waals surface area contributed by atoms with Crippen molar-refractivity contribution in [1.82, 2.24) is 4.90 Å². The Labute approximate surface area is 156 Å².